The number of hydrogen-bond donors (Lipinski definition) is 0. The fourth-order valence-electron chi connectivity index (χ4n) is 2.58. The van der Waals surface area contributed by atoms with Gasteiger partial charge in [-0.1, -0.05) is 30.3 Å². The number of carbonyl (C=O) groups excluding carboxylic acids is 2. The summed E-state index contributed by atoms with van der Waals surface area (Å²) in [5.41, 5.74) is 0.863. The number of carbonyl (C=O) groups is 2. The van der Waals surface area contributed by atoms with E-state index in [2.05, 4.69) is 10.2 Å². The monoisotopic (exact) mass is 414 g/mol. The Kier molecular flexibility index (Phi) is 8.28. The maximum atomic E-state index is 12.5. The lowest BCUT2D eigenvalue weighted by Gasteiger charge is -2.18. The molecule has 0 amide bonds. The number of hydrogen-bond acceptors (Lipinski definition) is 8. The van der Waals surface area contributed by atoms with Gasteiger partial charge in [-0.3, -0.25) is 14.6 Å². The summed E-state index contributed by atoms with van der Waals surface area (Å²) in [7, 11) is 1.55. The van der Waals surface area contributed by atoms with Crippen LogP contribution < -0.4 is 10.6 Å². The Hall–Kier alpha value is -3.49. The van der Waals surface area contributed by atoms with E-state index in [0.717, 1.165) is 5.56 Å². The first-order valence-corrected chi connectivity index (χ1v) is 9.64. The van der Waals surface area contributed by atoms with Gasteiger partial charge in [-0.2, -0.15) is 10.2 Å². The second kappa shape index (κ2) is 10.9. The minimum absolute atomic E-state index is 0.119. The van der Waals surface area contributed by atoms with Crippen molar-refractivity contribution in [2.24, 2.45) is 11.0 Å². The van der Waals surface area contributed by atoms with E-state index in [-0.39, 0.29) is 24.5 Å². The molecular weight excluding hydrogens is 388 g/mol. The van der Waals surface area contributed by atoms with Gasteiger partial charge in [0.2, 0.25) is 0 Å². The van der Waals surface area contributed by atoms with Gasteiger partial charge in [-0.05, 0) is 26.3 Å². The molecule has 0 aliphatic heterocycles. The lowest BCUT2D eigenvalue weighted by molar-refractivity contribution is -0.146. The van der Waals surface area contributed by atoms with Gasteiger partial charge in [0.05, 0.1) is 31.6 Å². The molecule has 160 valence electrons. The van der Waals surface area contributed by atoms with Crippen LogP contribution in [-0.4, -0.2) is 47.7 Å². The Labute approximate surface area is 174 Å². The Morgan fingerprint density at radius 3 is 2.43 bits per heavy atom. The van der Waals surface area contributed by atoms with Gasteiger partial charge in [0, 0.05) is 13.1 Å². The van der Waals surface area contributed by atoms with Crippen LogP contribution in [0.15, 0.2) is 52.5 Å². The van der Waals surface area contributed by atoms with Crippen molar-refractivity contribution >= 4 is 23.3 Å². The van der Waals surface area contributed by atoms with E-state index in [0.29, 0.717) is 12.2 Å². The van der Waals surface area contributed by atoms with Crippen molar-refractivity contribution in [3.63, 3.8) is 0 Å². The molecule has 0 aliphatic rings. The second-order valence-corrected chi connectivity index (χ2v) is 6.40. The van der Waals surface area contributed by atoms with Gasteiger partial charge < -0.3 is 9.47 Å². The van der Waals surface area contributed by atoms with Crippen molar-refractivity contribution in [2.45, 2.75) is 27.3 Å². The molecule has 0 saturated heterocycles. The first-order valence-electron chi connectivity index (χ1n) is 9.64. The van der Waals surface area contributed by atoms with Crippen molar-refractivity contribution in [3.05, 3.63) is 58.5 Å². The first-order chi connectivity index (χ1) is 14.4. The van der Waals surface area contributed by atoms with Crippen LogP contribution >= 0.6 is 0 Å². The highest BCUT2D eigenvalue weighted by molar-refractivity contribution is 6.40. The molecule has 0 spiro atoms. The zero-order chi connectivity index (χ0) is 22.1. The van der Waals surface area contributed by atoms with E-state index in [4.69, 9.17) is 9.47 Å². The average Bonchev–Trinajstić information content (AvgIpc) is 2.73. The Bertz CT molecular complexity index is 955. The fourth-order valence-corrected chi connectivity index (χ4v) is 2.58. The third kappa shape index (κ3) is 6.00. The van der Waals surface area contributed by atoms with Gasteiger partial charge in [0.15, 0.2) is 5.71 Å². The van der Waals surface area contributed by atoms with Crippen LogP contribution in [0.25, 0.3) is 0 Å². The second-order valence-electron chi connectivity index (χ2n) is 6.40. The molecule has 0 N–H and O–H groups in total. The molecule has 30 heavy (non-hydrogen) atoms. The van der Waals surface area contributed by atoms with E-state index in [1.54, 1.807) is 20.9 Å². The van der Waals surface area contributed by atoms with Crippen LogP contribution in [0.5, 0.6) is 0 Å². The van der Waals surface area contributed by atoms with Crippen molar-refractivity contribution in [2.75, 3.05) is 25.3 Å². The molecule has 0 bridgehead atoms. The predicted octanol–water partition coefficient (Wildman–Crippen LogP) is 1.85. The van der Waals surface area contributed by atoms with Crippen molar-refractivity contribution in [3.8, 4) is 0 Å². The van der Waals surface area contributed by atoms with E-state index >= 15 is 0 Å². The predicted molar refractivity (Wildman–Crippen MR) is 112 cm³/mol. The standard InChI is InChI=1S/C21H26N4O5/c1-5-29-20(27)15(3)19(21(28)30-6-2)23-24(4)17-12-18(26)25(22-13-17)14-16-10-8-7-9-11-16/h7-13,15H,5-6,14H2,1-4H3/b23-19+. The molecule has 1 unspecified atom stereocenters. The third-order valence-electron chi connectivity index (χ3n) is 4.20. The van der Waals surface area contributed by atoms with Crippen molar-refractivity contribution < 1.29 is 19.1 Å². The maximum Gasteiger partial charge on any atom is 0.355 e. The van der Waals surface area contributed by atoms with Crippen molar-refractivity contribution in [1.82, 2.24) is 9.78 Å². The summed E-state index contributed by atoms with van der Waals surface area (Å²) >= 11 is 0. The summed E-state index contributed by atoms with van der Waals surface area (Å²) in [4.78, 5) is 36.9. The first kappa shape index (κ1) is 22.8. The number of ether oxygens (including phenoxy) is 2. The molecule has 1 aromatic carbocycles. The topological polar surface area (TPSA) is 103 Å². The van der Waals surface area contributed by atoms with Crippen LogP contribution in [0.1, 0.15) is 26.3 Å². The average molecular weight is 414 g/mol. The summed E-state index contributed by atoms with van der Waals surface area (Å²) in [6.45, 7) is 5.49. The van der Waals surface area contributed by atoms with Crippen LogP contribution in [0.4, 0.5) is 5.69 Å². The van der Waals surface area contributed by atoms with Gasteiger partial charge in [0.25, 0.3) is 5.56 Å². The van der Waals surface area contributed by atoms with Crippen LogP contribution in [0.2, 0.25) is 0 Å². The normalized spacial score (nSPS) is 12.2. The number of nitrogens with zero attached hydrogens (tertiary/aromatic N) is 4. The molecule has 0 fully saturated rings. The molecule has 2 aromatic rings. The molecule has 9 nitrogen and oxygen atoms in total. The highest BCUT2D eigenvalue weighted by atomic mass is 16.5. The number of aromatic nitrogens is 2. The Morgan fingerprint density at radius 1 is 1.17 bits per heavy atom. The molecule has 1 heterocycles. The van der Waals surface area contributed by atoms with E-state index in [1.165, 1.54) is 28.9 Å². The summed E-state index contributed by atoms with van der Waals surface area (Å²) in [6, 6.07) is 10.8. The van der Waals surface area contributed by atoms with Crippen LogP contribution in [0.3, 0.4) is 0 Å². The zero-order valence-corrected chi connectivity index (χ0v) is 17.6. The van der Waals surface area contributed by atoms with Crippen LogP contribution in [-0.2, 0) is 25.6 Å². The van der Waals surface area contributed by atoms with Gasteiger partial charge >= 0.3 is 11.9 Å². The molecule has 1 aromatic heterocycles. The Balaban J connectivity index is 2.28. The number of hydrazone groups is 1. The number of rotatable bonds is 9. The number of esters is 2. The lowest BCUT2D eigenvalue weighted by atomic mass is 10.1. The number of benzene rings is 1. The molecule has 9 heteroatoms. The van der Waals surface area contributed by atoms with Gasteiger partial charge in [0.1, 0.15) is 5.92 Å². The molecule has 0 saturated carbocycles. The quantitative estimate of drug-likeness (QED) is 0.350. The highest BCUT2D eigenvalue weighted by Crippen LogP contribution is 2.12. The molecule has 2 rings (SSSR count). The maximum absolute atomic E-state index is 12.5. The fraction of sp³-hybridized carbons (Fsp3) is 0.381. The van der Waals surface area contributed by atoms with Gasteiger partial charge in [-0.25, -0.2) is 9.48 Å². The van der Waals surface area contributed by atoms with E-state index < -0.39 is 17.9 Å². The largest absolute Gasteiger partial charge is 0.465 e. The highest BCUT2D eigenvalue weighted by Gasteiger charge is 2.28. The SMILES string of the molecule is CCOC(=O)/C(=N/N(C)c1cnn(Cc2ccccc2)c(=O)c1)C(C)C(=O)OCC. The number of anilines is 1. The van der Waals surface area contributed by atoms with Gasteiger partial charge in [-0.15, -0.1) is 0 Å². The third-order valence-corrected chi connectivity index (χ3v) is 4.20. The van der Waals surface area contributed by atoms with E-state index in [9.17, 15) is 14.4 Å². The molecule has 1 atom stereocenters. The minimum atomic E-state index is -0.933. The van der Waals surface area contributed by atoms with E-state index in [1.807, 2.05) is 30.3 Å². The molecule has 0 aliphatic carbocycles. The summed E-state index contributed by atoms with van der Waals surface area (Å²) in [6.07, 6.45) is 1.46. The van der Waals surface area contributed by atoms with Crippen molar-refractivity contribution in [1.29, 1.82) is 0 Å². The van der Waals surface area contributed by atoms with Crippen LogP contribution in [0, 0.1) is 5.92 Å². The Morgan fingerprint density at radius 2 is 1.83 bits per heavy atom. The zero-order valence-electron chi connectivity index (χ0n) is 17.6. The molecule has 0 radical (unpaired) electrons. The smallest absolute Gasteiger partial charge is 0.355 e. The summed E-state index contributed by atoms with van der Waals surface area (Å²) in [5.74, 6) is -2.25. The summed E-state index contributed by atoms with van der Waals surface area (Å²) < 4.78 is 11.3. The lowest BCUT2D eigenvalue weighted by Crippen LogP contribution is -2.33. The summed E-state index contributed by atoms with van der Waals surface area (Å²) in [5, 5.41) is 9.70. The minimum Gasteiger partial charge on any atom is -0.465 e. The molecular formula is C21H26N4O5.